The van der Waals surface area contributed by atoms with Gasteiger partial charge in [-0.15, -0.1) is 0 Å². The summed E-state index contributed by atoms with van der Waals surface area (Å²) in [5.41, 5.74) is 3.18. The smallest absolute Gasteiger partial charge is 0.352 e. The van der Waals surface area contributed by atoms with Crippen LogP contribution >= 0.6 is 11.6 Å². The first-order valence-electron chi connectivity index (χ1n) is 6.64. The number of hydrogen-bond acceptors (Lipinski definition) is 1. The van der Waals surface area contributed by atoms with E-state index in [1.54, 1.807) is 0 Å². The zero-order chi connectivity index (χ0) is 15.0. The summed E-state index contributed by atoms with van der Waals surface area (Å²) in [7, 11) is 0. The zero-order valence-electron chi connectivity index (χ0n) is 11.5. The van der Waals surface area contributed by atoms with Crippen molar-refractivity contribution in [1.29, 1.82) is 0 Å². The molecule has 0 amide bonds. The summed E-state index contributed by atoms with van der Waals surface area (Å²) in [4.78, 5) is 14.4. The van der Waals surface area contributed by atoms with Gasteiger partial charge in [0.15, 0.2) is 0 Å². The highest BCUT2D eigenvalue weighted by Crippen LogP contribution is 2.27. The minimum absolute atomic E-state index is 0.226. The van der Waals surface area contributed by atoms with Gasteiger partial charge < -0.3 is 10.1 Å². The van der Waals surface area contributed by atoms with E-state index < -0.39 is 5.97 Å². The van der Waals surface area contributed by atoms with Crippen molar-refractivity contribution in [3.05, 3.63) is 70.0 Å². The number of aromatic carboxylic acids is 1. The number of rotatable bonds is 3. The standard InChI is InChI=1S/C17H14ClNO2/c1-10-6-7-11(14(18)8-10)9-15-12-4-2-3-5-13(12)16(19-15)17(20)21/h2-8,19H,9H2,1H3,(H,20,21). The molecular weight excluding hydrogens is 286 g/mol. The fourth-order valence-electron chi connectivity index (χ4n) is 2.54. The van der Waals surface area contributed by atoms with E-state index >= 15 is 0 Å². The summed E-state index contributed by atoms with van der Waals surface area (Å²) in [6.45, 7) is 1.99. The SMILES string of the molecule is Cc1ccc(Cc2[nH]c(C(=O)O)c3ccccc23)c(Cl)c1. The Balaban J connectivity index is 2.10. The quantitative estimate of drug-likeness (QED) is 0.752. The van der Waals surface area contributed by atoms with Crippen LogP contribution in [0.15, 0.2) is 42.5 Å². The second-order valence-corrected chi connectivity index (χ2v) is 5.51. The Morgan fingerprint density at radius 1 is 1.19 bits per heavy atom. The number of hydrogen-bond donors (Lipinski definition) is 2. The number of H-pyrrole nitrogens is 1. The van der Waals surface area contributed by atoms with E-state index in [4.69, 9.17) is 11.6 Å². The number of carboxylic acid groups (broad SMARTS) is 1. The van der Waals surface area contributed by atoms with Crippen LogP contribution in [0.3, 0.4) is 0 Å². The van der Waals surface area contributed by atoms with Gasteiger partial charge in [-0.3, -0.25) is 0 Å². The fourth-order valence-corrected chi connectivity index (χ4v) is 2.85. The molecule has 0 aliphatic rings. The highest BCUT2D eigenvalue weighted by Gasteiger charge is 2.15. The van der Waals surface area contributed by atoms with E-state index in [9.17, 15) is 9.90 Å². The summed E-state index contributed by atoms with van der Waals surface area (Å²) in [5.74, 6) is -0.951. The third kappa shape index (κ3) is 2.52. The number of aromatic nitrogens is 1. The van der Waals surface area contributed by atoms with Crippen molar-refractivity contribution >= 4 is 28.3 Å². The van der Waals surface area contributed by atoms with Gasteiger partial charge in [-0.25, -0.2) is 4.79 Å². The van der Waals surface area contributed by atoms with Gasteiger partial charge in [0.2, 0.25) is 0 Å². The second kappa shape index (κ2) is 5.26. The van der Waals surface area contributed by atoms with Crippen LogP contribution in [0.2, 0.25) is 5.02 Å². The van der Waals surface area contributed by atoms with Crippen molar-refractivity contribution in [1.82, 2.24) is 4.98 Å². The van der Waals surface area contributed by atoms with Crippen LogP contribution in [0, 0.1) is 6.92 Å². The molecule has 0 aliphatic carbocycles. The summed E-state index contributed by atoms with van der Waals surface area (Å²) >= 11 is 6.27. The zero-order valence-corrected chi connectivity index (χ0v) is 12.2. The van der Waals surface area contributed by atoms with Crippen LogP contribution in [0.25, 0.3) is 10.8 Å². The molecule has 0 spiro atoms. The summed E-state index contributed by atoms with van der Waals surface area (Å²) < 4.78 is 0. The first kappa shape index (κ1) is 13.7. The van der Waals surface area contributed by atoms with Crippen molar-refractivity contribution in [3.63, 3.8) is 0 Å². The van der Waals surface area contributed by atoms with Crippen molar-refractivity contribution in [2.45, 2.75) is 13.3 Å². The number of carboxylic acids is 1. The molecule has 4 heteroatoms. The highest BCUT2D eigenvalue weighted by atomic mass is 35.5. The van der Waals surface area contributed by atoms with Gasteiger partial charge in [-0.2, -0.15) is 0 Å². The molecule has 2 aromatic carbocycles. The minimum Gasteiger partial charge on any atom is -0.477 e. The van der Waals surface area contributed by atoms with Gasteiger partial charge in [0.05, 0.1) is 0 Å². The number of aromatic amines is 1. The molecule has 0 aliphatic heterocycles. The number of benzene rings is 2. The normalized spacial score (nSPS) is 11.0. The molecule has 1 aromatic heterocycles. The van der Waals surface area contributed by atoms with Crippen LogP contribution in [0.5, 0.6) is 0 Å². The number of fused-ring (bicyclic) bond motifs is 1. The lowest BCUT2D eigenvalue weighted by Crippen LogP contribution is -1.98. The maximum absolute atomic E-state index is 11.3. The Bertz CT molecular complexity index is 836. The number of aryl methyl sites for hydroxylation is 1. The maximum atomic E-state index is 11.3. The molecule has 3 nitrogen and oxygen atoms in total. The van der Waals surface area contributed by atoms with Gasteiger partial charge in [0.25, 0.3) is 0 Å². The van der Waals surface area contributed by atoms with Crippen LogP contribution in [-0.4, -0.2) is 16.1 Å². The lowest BCUT2D eigenvalue weighted by molar-refractivity contribution is 0.0693. The van der Waals surface area contributed by atoms with E-state index in [0.29, 0.717) is 11.4 Å². The Hall–Kier alpha value is -2.26. The number of nitrogens with one attached hydrogen (secondary N) is 1. The van der Waals surface area contributed by atoms with Gasteiger partial charge in [0.1, 0.15) is 5.69 Å². The molecule has 0 unspecified atom stereocenters. The van der Waals surface area contributed by atoms with E-state index in [2.05, 4.69) is 4.98 Å². The summed E-state index contributed by atoms with van der Waals surface area (Å²) in [6.07, 6.45) is 0.576. The molecule has 0 radical (unpaired) electrons. The lowest BCUT2D eigenvalue weighted by atomic mass is 10.0. The lowest BCUT2D eigenvalue weighted by Gasteiger charge is -2.05. The first-order valence-corrected chi connectivity index (χ1v) is 7.02. The molecule has 21 heavy (non-hydrogen) atoms. The van der Waals surface area contributed by atoms with Gasteiger partial charge in [-0.05, 0) is 24.1 Å². The average molecular weight is 300 g/mol. The third-order valence-electron chi connectivity index (χ3n) is 3.59. The monoisotopic (exact) mass is 299 g/mol. The molecule has 3 rings (SSSR count). The van der Waals surface area contributed by atoms with Crippen LogP contribution < -0.4 is 0 Å². The molecular formula is C17H14ClNO2. The topological polar surface area (TPSA) is 53.1 Å². The molecule has 1 heterocycles. The van der Waals surface area contributed by atoms with Gasteiger partial charge in [-0.1, -0.05) is 48.0 Å². The van der Waals surface area contributed by atoms with E-state index in [0.717, 1.165) is 27.6 Å². The average Bonchev–Trinajstić information content (AvgIpc) is 2.81. The predicted octanol–water partition coefficient (Wildman–Crippen LogP) is 4.42. The predicted molar refractivity (Wildman–Crippen MR) is 84.3 cm³/mol. The molecule has 0 saturated carbocycles. The number of carbonyl (C=O) groups is 1. The van der Waals surface area contributed by atoms with Crippen molar-refractivity contribution in [2.24, 2.45) is 0 Å². The summed E-state index contributed by atoms with van der Waals surface area (Å²) in [5, 5.41) is 11.6. The maximum Gasteiger partial charge on any atom is 0.352 e. The largest absolute Gasteiger partial charge is 0.477 e. The Labute approximate surface area is 127 Å². The van der Waals surface area contributed by atoms with Gasteiger partial charge in [0, 0.05) is 27.9 Å². The van der Waals surface area contributed by atoms with E-state index in [1.807, 2.05) is 49.4 Å². The Morgan fingerprint density at radius 3 is 2.57 bits per heavy atom. The van der Waals surface area contributed by atoms with Crippen molar-refractivity contribution in [2.75, 3.05) is 0 Å². The van der Waals surface area contributed by atoms with E-state index in [-0.39, 0.29) is 5.69 Å². The Morgan fingerprint density at radius 2 is 1.90 bits per heavy atom. The molecule has 0 atom stereocenters. The molecule has 0 fully saturated rings. The first-order chi connectivity index (χ1) is 10.1. The van der Waals surface area contributed by atoms with Crippen LogP contribution in [-0.2, 0) is 6.42 Å². The van der Waals surface area contributed by atoms with Crippen LogP contribution in [0.4, 0.5) is 0 Å². The summed E-state index contributed by atoms with van der Waals surface area (Å²) in [6, 6.07) is 13.4. The van der Waals surface area contributed by atoms with Crippen LogP contribution in [0.1, 0.15) is 27.3 Å². The van der Waals surface area contributed by atoms with Crippen molar-refractivity contribution in [3.8, 4) is 0 Å². The molecule has 106 valence electrons. The third-order valence-corrected chi connectivity index (χ3v) is 3.94. The van der Waals surface area contributed by atoms with E-state index in [1.165, 1.54) is 0 Å². The second-order valence-electron chi connectivity index (χ2n) is 5.10. The molecule has 2 N–H and O–H groups in total. The molecule has 3 aromatic rings. The molecule has 0 saturated heterocycles. The minimum atomic E-state index is -0.951. The number of halogens is 1. The van der Waals surface area contributed by atoms with Gasteiger partial charge >= 0.3 is 5.97 Å². The fraction of sp³-hybridized carbons (Fsp3) is 0.118. The highest BCUT2D eigenvalue weighted by molar-refractivity contribution is 6.31. The molecule has 0 bridgehead atoms. The van der Waals surface area contributed by atoms with Crippen molar-refractivity contribution < 1.29 is 9.90 Å². The Kier molecular flexibility index (Phi) is 3.43.